The molecule has 2 rings (SSSR count). The van der Waals surface area contributed by atoms with E-state index in [0.29, 0.717) is 12.3 Å². The third-order valence-corrected chi connectivity index (χ3v) is 2.93. The smallest absolute Gasteiger partial charge is 0.198 e. The number of oxazole rings is 1. The van der Waals surface area contributed by atoms with Crippen LogP contribution in [0.2, 0.25) is 0 Å². The van der Waals surface area contributed by atoms with E-state index in [1.807, 2.05) is 19.1 Å². The molecule has 0 saturated carbocycles. The van der Waals surface area contributed by atoms with E-state index >= 15 is 0 Å². The van der Waals surface area contributed by atoms with E-state index < -0.39 is 0 Å². The standard InChI is InChI=1S/C14H17NO2/c1-10-5-3-4-6-12(10)7-14-15-8-13(17-14)11(2)9-16/h3-6,8,11,16H,7,9H2,1-2H3. The molecule has 1 unspecified atom stereocenters. The minimum absolute atomic E-state index is 0.00752. The highest BCUT2D eigenvalue weighted by Crippen LogP contribution is 2.18. The third-order valence-electron chi connectivity index (χ3n) is 2.93. The van der Waals surface area contributed by atoms with Gasteiger partial charge in [0.15, 0.2) is 5.89 Å². The van der Waals surface area contributed by atoms with E-state index in [0.717, 1.165) is 5.76 Å². The Labute approximate surface area is 101 Å². The average molecular weight is 231 g/mol. The molecule has 0 aliphatic rings. The normalized spacial score (nSPS) is 12.6. The lowest BCUT2D eigenvalue weighted by Gasteiger charge is -2.03. The van der Waals surface area contributed by atoms with Crippen LogP contribution in [0.4, 0.5) is 0 Å². The van der Waals surface area contributed by atoms with Crippen LogP contribution in [0.25, 0.3) is 0 Å². The van der Waals surface area contributed by atoms with Gasteiger partial charge in [-0.05, 0) is 18.1 Å². The molecule has 2 aromatic rings. The average Bonchev–Trinajstić information content (AvgIpc) is 2.80. The van der Waals surface area contributed by atoms with Gasteiger partial charge in [-0.3, -0.25) is 0 Å². The molecule has 0 saturated heterocycles. The number of rotatable bonds is 4. The van der Waals surface area contributed by atoms with Crippen LogP contribution in [0.1, 0.15) is 35.6 Å². The summed E-state index contributed by atoms with van der Waals surface area (Å²) in [6, 6.07) is 8.19. The molecule has 1 aromatic heterocycles. The largest absolute Gasteiger partial charge is 0.445 e. The number of benzene rings is 1. The highest BCUT2D eigenvalue weighted by atomic mass is 16.4. The van der Waals surface area contributed by atoms with E-state index in [-0.39, 0.29) is 12.5 Å². The molecule has 0 amide bonds. The molecule has 3 heteroatoms. The van der Waals surface area contributed by atoms with E-state index in [1.54, 1.807) is 6.20 Å². The molecular weight excluding hydrogens is 214 g/mol. The second-order valence-electron chi connectivity index (χ2n) is 4.34. The minimum atomic E-state index is 0.00752. The predicted molar refractivity (Wildman–Crippen MR) is 66.0 cm³/mol. The highest BCUT2D eigenvalue weighted by Gasteiger charge is 2.11. The predicted octanol–water partition coefficient (Wildman–Crippen LogP) is 2.67. The first kappa shape index (κ1) is 11.9. The van der Waals surface area contributed by atoms with Gasteiger partial charge in [-0.1, -0.05) is 31.2 Å². The fourth-order valence-corrected chi connectivity index (χ4v) is 1.70. The van der Waals surface area contributed by atoms with Crippen LogP contribution in [0.15, 0.2) is 34.9 Å². The van der Waals surface area contributed by atoms with Crippen molar-refractivity contribution in [2.24, 2.45) is 0 Å². The maximum atomic E-state index is 9.04. The van der Waals surface area contributed by atoms with Gasteiger partial charge >= 0.3 is 0 Å². The second kappa shape index (κ2) is 5.15. The van der Waals surface area contributed by atoms with Gasteiger partial charge in [0.25, 0.3) is 0 Å². The first-order valence-electron chi connectivity index (χ1n) is 5.80. The molecule has 0 spiro atoms. The maximum Gasteiger partial charge on any atom is 0.198 e. The highest BCUT2D eigenvalue weighted by molar-refractivity contribution is 5.27. The summed E-state index contributed by atoms with van der Waals surface area (Å²) < 4.78 is 5.62. The number of aliphatic hydroxyl groups is 1. The Hall–Kier alpha value is -1.61. The minimum Gasteiger partial charge on any atom is -0.445 e. The van der Waals surface area contributed by atoms with E-state index in [4.69, 9.17) is 9.52 Å². The quantitative estimate of drug-likeness (QED) is 0.880. The Morgan fingerprint density at radius 2 is 2.12 bits per heavy atom. The van der Waals surface area contributed by atoms with E-state index in [1.165, 1.54) is 11.1 Å². The zero-order valence-corrected chi connectivity index (χ0v) is 10.2. The summed E-state index contributed by atoms with van der Waals surface area (Å²) in [6.45, 7) is 4.08. The summed E-state index contributed by atoms with van der Waals surface area (Å²) in [5, 5.41) is 9.04. The summed E-state index contributed by atoms with van der Waals surface area (Å²) >= 11 is 0. The lowest BCUT2D eigenvalue weighted by atomic mass is 10.1. The number of aliphatic hydroxyl groups excluding tert-OH is 1. The van der Waals surface area contributed by atoms with Gasteiger partial charge in [0.1, 0.15) is 5.76 Å². The number of aromatic nitrogens is 1. The Bertz CT molecular complexity index is 490. The van der Waals surface area contributed by atoms with Crippen LogP contribution in [0.5, 0.6) is 0 Å². The molecule has 3 nitrogen and oxygen atoms in total. The fraction of sp³-hybridized carbons (Fsp3) is 0.357. The molecule has 1 N–H and O–H groups in total. The zero-order chi connectivity index (χ0) is 12.3. The molecule has 1 aromatic carbocycles. The molecule has 1 atom stereocenters. The summed E-state index contributed by atoms with van der Waals surface area (Å²) in [4.78, 5) is 4.24. The molecule has 0 radical (unpaired) electrons. The van der Waals surface area contributed by atoms with Crippen molar-refractivity contribution in [3.05, 3.63) is 53.2 Å². The van der Waals surface area contributed by atoms with Gasteiger partial charge in [-0.2, -0.15) is 0 Å². The second-order valence-corrected chi connectivity index (χ2v) is 4.34. The van der Waals surface area contributed by atoms with E-state index in [9.17, 15) is 0 Å². The Morgan fingerprint density at radius 3 is 2.82 bits per heavy atom. The van der Waals surface area contributed by atoms with E-state index in [2.05, 4.69) is 24.0 Å². The monoisotopic (exact) mass is 231 g/mol. The molecule has 0 aliphatic heterocycles. The van der Waals surface area contributed by atoms with Crippen LogP contribution in [-0.4, -0.2) is 16.7 Å². The number of hydrogen-bond acceptors (Lipinski definition) is 3. The SMILES string of the molecule is Cc1ccccc1Cc1ncc(C(C)CO)o1. The number of hydrogen-bond donors (Lipinski definition) is 1. The van der Waals surface area contributed by atoms with Gasteiger partial charge in [0, 0.05) is 12.3 Å². The molecule has 17 heavy (non-hydrogen) atoms. The summed E-state index contributed by atoms with van der Waals surface area (Å²) in [5.74, 6) is 1.46. The van der Waals surface area contributed by atoms with Crippen molar-refractivity contribution in [1.29, 1.82) is 0 Å². The van der Waals surface area contributed by atoms with Gasteiger partial charge in [0.2, 0.25) is 0 Å². The van der Waals surface area contributed by atoms with Gasteiger partial charge in [-0.15, -0.1) is 0 Å². The maximum absolute atomic E-state index is 9.04. The summed E-state index contributed by atoms with van der Waals surface area (Å²) in [7, 11) is 0. The Balaban J connectivity index is 2.14. The first-order chi connectivity index (χ1) is 8.20. The number of nitrogens with zero attached hydrogens (tertiary/aromatic N) is 1. The van der Waals surface area contributed by atoms with Crippen molar-refractivity contribution < 1.29 is 9.52 Å². The molecule has 1 heterocycles. The van der Waals surface area contributed by atoms with Crippen molar-refractivity contribution in [3.63, 3.8) is 0 Å². The Morgan fingerprint density at radius 1 is 1.35 bits per heavy atom. The van der Waals surface area contributed by atoms with Crippen molar-refractivity contribution in [1.82, 2.24) is 4.98 Å². The zero-order valence-electron chi connectivity index (χ0n) is 10.2. The van der Waals surface area contributed by atoms with Crippen LogP contribution in [0, 0.1) is 6.92 Å². The first-order valence-corrected chi connectivity index (χ1v) is 5.80. The van der Waals surface area contributed by atoms with Gasteiger partial charge < -0.3 is 9.52 Å². The van der Waals surface area contributed by atoms with Gasteiger partial charge in [-0.25, -0.2) is 4.98 Å². The van der Waals surface area contributed by atoms with Crippen LogP contribution in [-0.2, 0) is 6.42 Å². The van der Waals surface area contributed by atoms with Crippen LogP contribution in [0.3, 0.4) is 0 Å². The molecule has 0 fully saturated rings. The van der Waals surface area contributed by atoms with Crippen molar-refractivity contribution in [3.8, 4) is 0 Å². The van der Waals surface area contributed by atoms with Crippen LogP contribution < -0.4 is 0 Å². The molecule has 0 aliphatic carbocycles. The summed E-state index contributed by atoms with van der Waals surface area (Å²) in [5.41, 5.74) is 2.46. The summed E-state index contributed by atoms with van der Waals surface area (Å²) in [6.07, 6.45) is 2.40. The lowest BCUT2D eigenvalue weighted by molar-refractivity contribution is 0.255. The molecule has 0 bridgehead atoms. The third kappa shape index (κ3) is 2.74. The van der Waals surface area contributed by atoms with Crippen molar-refractivity contribution in [2.45, 2.75) is 26.2 Å². The number of aryl methyl sites for hydroxylation is 1. The fourth-order valence-electron chi connectivity index (χ4n) is 1.70. The van der Waals surface area contributed by atoms with Gasteiger partial charge in [0.05, 0.1) is 12.8 Å². The van der Waals surface area contributed by atoms with Crippen molar-refractivity contribution >= 4 is 0 Å². The lowest BCUT2D eigenvalue weighted by Crippen LogP contribution is -1.96. The molecule has 90 valence electrons. The Kier molecular flexibility index (Phi) is 3.59. The van der Waals surface area contributed by atoms with Crippen molar-refractivity contribution in [2.75, 3.05) is 6.61 Å². The molecular formula is C14H17NO2. The van der Waals surface area contributed by atoms with Crippen LogP contribution >= 0.6 is 0 Å². The topological polar surface area (TPSA) is 46.3 Å².